The lowest BCUT2D eigenvalue weighted by atomic mass is 9.82. The maximum absolute atomic E-state index is 12.0. The summed E-state index contributed by atoms with van der Waals surface area (Å²) in [5, 5.41) is 12.0. The predicted octanol–water partition coefficient (Wildman–Crippen LogP) is 3.13. The second-order valence-corrected chi connectivity index (χ2v) is 6.19. The molecule has 2 rings (SSSR count). The molecule has 0 unspecified atom stereocenters. The molecule has 0 atom stereocenters. The van der Waals surface area contributed by atoms with Gasteiger partial charge < -0.3 is 10.4 Å². The van der Waals surface area contributed by atoms with Crippen LogP contribution in [0.1, 0.15) is 37.7 Å². The van der Waals surface area contributed by atoms with Gasteiger partial charge in [0.2, 0.25) is 5.91 Å². The number of nitrogens with zero attached hydrogens (tertiary/aromatic N) is 1. The average Bonchev–Trinajstić information content (AvgIpc) is 2.83. The molecule has 1 amide bonds. The zero-order valence-corrected chi connectivity index (χ0v) is 12.9. The first-order valence-corrected chi connectivity index (χ1v) is 7.38. The summed E-state index contributed by atoms with van der Waals surface area (Å²) in [6.07, 6.45) is 4.52. The third kappa shape index (κ3) is 3.17. The second kappa shape index (κ2) is 5.91. The van der Waals surface area contributed by atoms with Crippen LogP contribution in [0.4, 0.5) is 5.82 Å². The predicted molar refractivity (Wildman–Crippen MR) is 78.5 cm³/mol. The molecule has 1 aliphatic carbocycles. The van der Waals surface area contributed by atoms with Crippen molar-refractivity contribution in [1.82, 2.24) is 4.98 Å². The van der Waals surface area contributed by atoms with E-state index >= 15 is 0 Å². The van der Waals surface area contributed by atoms with Crippen molar-refractivity contribution in [3.05, 3.63) is 22.3 Å². The average molecular weight is 341 g/mol. The quantitative estimate of drug-likeness (QED) is 0.882. The molecule has 1 aliphatic rings. The molecule has 0 spiro atoms. The molecule has 6 heteroatoms. The molecule has 0 aliphatic heterocycles. The summed E-state index contributed by atoms with van der Waals surface area (Å²) < 4.78 is 0.869. The molecular weight excluding hydrogens is 324 g/mol. The van der Waals surface area contributed by atoms with E-state index in [1.54, 1.807) is 12.3 Å². The van der Waals surface area contributed by atoms with E-state index in [4.69, 9.17) is 0 Å². The first-order chi connectivity index (χ1) is 9.43. The van der Waals surface area contributed by atoms with Crippen LogP contribution in [0.3, 0.4) is 0 Å². The summed E-state index contributed by atoms with van der Waals surface area (Å²) in [6, 6.07) is 1.75. The summed E-state index contributed by atoms with van der Waals surface area (Å²) in [5.41, 5.74) is 0.0678. The lowest BCUT2D eigenvalue weighted by Gasteiger charge is -2.22. The minimum absolute atomic E-state index is 0.0130. The number of rotatable bonds is 4. The van der Waals surface area contributed by atoms with E-state index in [2.05, 4.69) is 26.2 Å². The molecule has 0 bridgehead atoms. The van der Waals surface area contributed by atoms with E-state index in [-0.39, 0.29) is 12.3 Å². The summed E-state index contributed by atoms with van der Waals surface area (Å²) in [5.74, 6) is -0.706. The minimum Gasteiger partial charge on any atom is -0.481 e. The number of aryl methyl sites for hydroxylation is 1. The van der Waals surface area contributed by atoms with Crippen LogP contribution >= 0.6 is 15.9 Å². The van der Waals surface area contributed by atoms with Gasteiger partial charge in [0.1, 0.15) is 5.82 Å². The molecule has 0 radical (unpaired) electrons. The van der Waals surface area contributed by atoms with Gasteiger partial charge >= 0.3 is 5.97 Å². The van der Waals surface area contributed by atoms with Gasteiger partial charge in [0.25, 0.3) is 0 Å². The van der Waals surface area contributed by atoms with Crippen molar-refractivity contribution < 1.29 is 14.7 Å². The van der Waals surface area contributed by atoms with Crippen LogP contribution in [0, 0.1) is 12.3 Å². The number of pyridine rings is 1. The number of halogens is 1. The Kier molecular flexibility index (Phi) is 4.42. The highest BCUT2D eigenvalue weighted by atomic mass is 79.9. The van der Waals surface area contributed by atoms with Crippen LogP contribution in [0.2, 0.25) is 0 Å². The summed E-state index contributed by atoms with van der Waals surface area (Å²) in [6.45, 7) is 1.90. The third-order valence-electron chi connectivity index (χ3n) is 3.83. The van der Waals surface area contributed by atoms with Crippen molar-refractivity contribution in [3.63, 3.8) is 0 Å². The number of anilines is 1. The van der Waals surface area contributed by atoms with Crippen molar-refractivity contribution in [2.75, 3.05) is 5.32 Å². The molecule has 1 fully saturated rings. The second-order valence-electron chi connectivity index (χ2n) is 5.34. The molecule has 1 aromatic heterocycles. The largest absolute Gasteiger partial charge is 0.481 e. The lowest BCUT2D eigenvalue weighted by Crippen LogP contribution is -2.32. The highest BCUT2D eigenvalue weighted by Crippen LogP contribution is 2.41. The van der Waals surface area contributed by atoms with Gasteiger partial charge in [0.05, 0.1) is 5.41 Å². The number of aliphatic carboxylic acids is 1. The van der Waals surface area contributed by atoms with E-state index in [1.807, 2.05) is 6.92 Å². The number of carboxylic acid groups (broad SMARTS) is 1. The number of carbonyl (C=O) groups excluding carboxylic acids is 1. The first kappa shape index (κ1) is 15.0. The number of carbonyl (C=O) groups is 2. The zero-order chi connectivity index (χ0) is 14.8. The van der Waals surface area contributed by atoms with Crippen molar-refractivity contribution in [2.45, 2.75) is 39.0 Å². The first-order valence-electron chi connectivity index (χ1n) is 6.58. The fourth-order valence-electron chi connectivity index (χ4n) is 2.62. The van der Waals surface area contributed by atoms with Gasteiger partial charge in [-0.1, -0.05) is 12.8 Å². The van der Waals surface area contributed by atoms with Gasteiger partial charge in [-0.05, 0) is 47.3 Å². The Morgan fingerprint density at radius 3 is 2.65 bits per heavy atom. The van der Waals surface area contributed by atoms with E-state index < -0.39 is 11.4 Å². The number of aromatic nitrogens is 1. The van der Waals surface area contributed by atoms with E-state index in [1.165, 1.54) is 0 Å². The maximum Gasteiger partial charge on any atom is 0.310 e. The zero-order valence-electron chi connectivity index (χ0n) is 11.3. The number of hydrogen-bond donors (Lipinski definition) is 2. The highest BCUT2D eigenvalue weighted by Gasteiger charge is 2.42. The maximum atomic E-state index is 12.0. The van der Waals surface area contributed by atoms with E-state index in [0.29, 0.717) is 18.7 Å². The number of carboxylic acids is 1. The van der Waals surface area contributed by atoms with E-state index in [9.17, 15) is 14.7 Å². The Bertz CT molecular complexity index is 539. The van der Waals surface area contributed by atoms with Crippen molar-refractivity contribution in [2.24, 2.45) is 5.41 Å². The molecule has 1 aromatic rings. The number of hydrogen-bond acceptors (Lipinski definition) is 3. The van der Waals surface area contributed by atoms with Gasteiger partial charge in [-0.3, -0.25) is 9.59 Å². The molecular formula is C14H17BrN2O3. The van der Waals surface area contributed by atoms with Crippen LogP contribution < -0.4 is 5.32 Å². The summed E-state index contributed by atoms with van der Waals surface area (Å²) in [7, 11) is 0. The molecule has 2 N–H and O–H groups in total. The van der Waals surface area contributed by atoms with Crippen LogP contribution in [-0.4, -0.2) is 22.0 Å². The molecule has 0 aromatic carbocycles. The topological polar surface area (TPSA) is 79.3 Å². The Hall–Kier alpha value is -1.43. The van der Waals surface area contributed by atoms with Gasteiger partial charge in [-0.2, -0.15) is 0 Å². The molecule has 1 saturated carbocycles. The summed E-state index contributed by atoms with van der Waals surface area (Å²) >= 11 is 3.34. The smallest absolute Gasteiger partial charge is 0.310 e. The fourth-order valence-corrected chi connectivity index (χ4v) is 2.84. The van der Waals surface area contributed by atoms with Crippen LogP contribution in [0.25, 0.3) is 0 Å². The highest BCUT2D eigenvalue weighted by molar-refractivity contribution is 9.10. The molecule has 0 saturated heterocycles. The monoisotopic (exact) mass is 340 g/mol. The normalized spacial score (nSPS) is 16.9. The van der Waals surface area contributed by atoms with Gasteiger partial charge in [0, 0.05) is 17.1 Å². The molecule has 20 heavy (non-hydrogen) atoms. The number of nitrogens with one attached hydrogen (secondary N) is 1. The molecule has 5 nitrogen and oxygen atoms in total. The third-order valence-corrected chi connectivity index (χ3v) is 4.66. The summed E-state index contributed by atoms with van der Waals surface area (Å²) in [4.78, 5) is 27.6. The minimum atomic E-state index is -0.894. The van der Waals surface area contributed by atoms with Crippen molar-refractivity contribution in [3.8, 4) is 0 Å². The van der Waals surface area contributed by atoms with Gasteiger partial charge in [-0.15, -0.1) is 0 Å². The van der Waals surface area contributed by atoms with Crippen LogP contribution in [-0.2, 0) is 9.59 Å². The molecule has 108 valence electrons. The number of amides is 1. The lowest BCUT2D eigenvalue weighted by molar-refractivity contribution is -0.150. The standard InChI is InChI=1S/C14H17BrN2O3/c1-9-6-11(16-8-10(9)15)17-12(18)7-14(13(19)20)4-2-3-5-14/h6,8H,2-5,7H2,1H3,(H,19,20)(H,16,17,18). The Labute approximate surface area is 125 Å². The Morgan fingerprint density at radius 2 is 2.10 bits per heavy atom. The Morgan fingerprint density at radius 1 is 1.45 bits per heavy atom. The van der Waals surface area contributed by atoms with E-state index in [0.717, 1.165) is 22.9 Å². The van der Waals surface area contributed by atoms with Gasteiger partial charge in [0.15, 0.2) is 0 Å². The fraction of sp³-hybridized carbons (Fsp3) is 0.500. The van der Waals surface area contributed by atoms with Crippen LogP contribution in [0.15, 0.2) is 16.7 Å². The van der Waals surface area contributed by atoms with Crippen molar-refractivity contribution >= 4 is 33.6 Å². The Balaban J connectivity index is 2.04. The van der Waals surface area contributed by atoms with Gasteiger partial charge in [-0.25, -0.2) is 4.98 Å². The van der Waals surface area contributed by atoms with Crippen molar-refractivity contribution in [1.29, 1.82) is 0 Å². The SMILES string of the molecule is Cc1cc(NC(=O)CC2(C(=O)O)CCCC2)ncc1Br. The van der Waals surface area contributed by atoms with Crippen LogP contribution in [0.5, 0.6) is 0 Å². The molecule has 1 heterocycles.